The highest BCUT2D eigenvalue weighted by Gasteiger charge is 2.32. The fraction of sp³-hybridized carbons (Fsp3) is 0.412. The summed E-state index contributed by atoms with van der Waals surface area (Å²) in [4.78, 5) is 25.9. The Labute approximate surface area is 140 Å². The van der Waals surface area contributed by atoms with Crippen LogP contribution < -0.4 is 10.2 Å². The summed E-state index contributed by atoms with van der Waals surface area (Å²) in [6, 6.07) is 5.97. The number of carbonyl (C=O) groups is 2. The predicted molar refractivity (Wildman–Crippen MR) is 86.2 cm³/mol. The summed E-state index contributed by atoms with van der Waals surface area (Å²) in [6.45, 7) is 1.93. The molecule has 0 aliphatic carbocycles. The molecule has 7 nitrogen and oxygen atoms in total. The maximum absolute atomic E-state index is 12.3. The third-order valence-electron chi connectivity index (χ3n) is 4.22. The van der Waals surface area contributed by atoms with E-state index in [0.717, 1.165) is 25.2 Å². The van der Waals surface area contributed by atoms with Crippen molar-refractivity contribution in [2.75, 3.05) is 39.0 Å². The van der Waals surface area contributed by atoms with Gasteiger partial charge in [-0.2, -0.15) is 0 Å². The van der Waals surface area contributed by atoms with E-state index in [1.54, 1.807) is 4.90 Å². The minimum absolute atomic E-state index is 0.0163. The molecule has 0 bridgehead atoms. The Bertz CT molecular complexity index is 698. The van der Waals surface area contributed by atoms with Crippen molar-refractivity contribution < 1.29 is 23.8 Å². The molecule has 7 heteroatoms. The quantitative estimate of drug-likeness (QED) is 0.818. The number of anilines is 1. The topological polar surface area (TPSA) is 77.1 Å². The van der Waals surface area contributed by atoms with Crippen molar-refractivity contribution in [3.8, 4) is 0 Å². The van der Waals surface area contributed by atoms with Crippen LogP contribution in [0.15, 0.2) is 29.5 Å². The third-order valence-corrected chi connectivity index (χ3v) is 4.22. The van der Waals surface area contributed by atoms with Crippen LogP contribution in [-0.2, 0) is 36.8 Å². The standard InChI is InChI=1S/C17H20N2O5/c1-22-16(20)14-9-24-10-19(15(14)17(21)23-2)13-4-3-12-8-18-6-5-11(12)7-13/h3-4,7,18H,5-6,8-10H2,1-2H3. The molecule has 128 valence electrons. The summed E-state index contributed by atoms with van der Waals surface area (Å²) in [5.74, 6) is -1.18. The van der Waals surface area contributed by atoms with E-state index in [1.165, 1.54) is 25.3 Å². The Kier molecular flexibility index (Phi) is 4.82. The molecule has 2 aliphatic heterocycles. The molecule has 0 aromatic heterocycles. The molecule has 0 unspecified atom stereocenters. The normalized spacial score (nSPS) is 17.3. The van der Waals surface area contributed by atoms with Gasteiger partial charge in [-0.25, -0.2) is 9.59 Å². The lowest BCUT2D eigenvalue weighted by Gasteiger charge is -2.32. The van der Waals surface area contributed by atoms with Crippen LogP contribution in [0, 0.1) is 0 Å². The van der Waals surface area contributed by atoms with Crippen LogP contribution in [0.5, 0.6) is 0 Å². The number of carbonyl (C=O) groups excluding carboxylic acids is 2. The number of methoxy groups -OCH3 is 2. The highest BCUT2D eigenvalue weighted by Crippen LogP contribution is 2.29. The average molecular weight is 332 g/mol. The smallest absolute Gasteiger partial charge is 0.355 e. The van der Waals surface area contributed by atoms with Crippen LogP contribution in [0.25, 0.3) is 0 Å². The maximum Gasteiger partial charge on any atom is 0.355 e. The molecule has 1 aromatic carbocycles. The Balaban J connectivity index is 2.04. The number of hydrogen-bond acceptors (Lipinski definition) is 7. The lowest BCUT2D eigenvalue weighted by molar-refractivity contribution is -0.140. The van der Waals surface area contributed by atoms with Crippen LogP contribution in [0.1, 0.15) is 11.1 Å². The van der Waals surface area contributed by atoms with Crippen LogP contribution >= 0.6 is 0 Å². The molecule has 1 aromatic rings. The maximum atomic E-state index is 12.3. The van der Waals surface area contributed by atoms with E-state index in [9.17, 15) is 9.59 Å². The average Bonchev–Trinajstić information content (AvgIpc) is 2.65. The molecule has 3 rings (SSSR count). The number of hydrogen-bond donors (Lipinski definition) is 1. The van der Waals surface area contributed by atoms with Gasteiger partial charge in [0.2, 0.25) is 0 Å². The summed E-state index contributed by atoms with van der Waals surface area (Å²) in [5, 5.41) is 3.32. The van der Waals surface area contributed by atoms with Gasteiger partial charge >= 0.3 is 11.9 Å². The van der Waals surface area contributed by atoms with Gasteiger partial charge in [-0.1, -0.05) is 6.07 Å². The van der Waals surface area contributed by atoms with E-state index in [1.807, 2.05) is 18.2 Å². The Morgan fingerprint density at radius 3 is 2.71 bits per heavy atom. The lowest BCUT2D eigenvalue weighted by Crippen LogP contribution is -2.39. The number of benzene rings is 1. The molecule has 1 N–H and O–H groups in total. The van der Waals surface area contributed by atoms with E-state index in [-0.39, 0.29) is 24.6 Å². The number of esters is 2. The zero-order valence-corrected chi connectivity index (χ0v) is 13.8. The number of nitrogens with one attached hydrogen (secondary N) is 1. The van der Waals surface area contributed by atoms with Crippen molar-refractivity contribution in [1.82, 2.24) is 5.32 Å². The van der Waals surface area contributed by atoms with Crippen LogP contribution in [0.4, 0.5) is 5.69 Å². The van der Waals surface area contributed by atoms with Crippen molar-refractivity contribution >= 4 is 17.6 Å². The predicted octanol–water partition coefficient (Wildman–Crippen LogP) is 0.726. The SMILES string of the molecule is COC(=O)C1=C(C(=O)OC)N(c2ccc3c(c2)CCNC3)COC1. The van der Waals surface area contributed by atoms with Gasteiger partial charge in [0.25, 0.3) is 0 Å². The Morgan fingerprint density at radius 2 is 1.96 bits per heavy atom. The van der Waals surface area contributed by atoms with E-state index in [2.05, 4.69) is 5.32 Å². The van der Waals surface area contributed by atoms with Gasteiger partial charge in [0, 0.05) is 12.2 Å². The number of rotatable bonds is 3. The van der Waals surface area contributed by atoms with E-state index in [0.29, 0.717) is 0 Å². The summed E-state index contributed by atoms with van der Waals surface area (Å²) >= 11 is 0. The van der Waals surface area contributed by atoms with Crippen LogP contribution in [-0.4, -0.2) is 46.0 Å². The lowest BCUT2D eigenvalue weighted by atomic mass is 9.99. The second kappa shape index (κ2) is 7.02. The molecule has 0 saturated heterocycles. The highest BCUT2D eigenvalue weighted by molar-refractivity contribution is 6.03. The zero-order chi connectivity index (χ0) is 17.1. The van der Waals surface area contributed by atoms with E-state index in [4.69, 9.17) is 14.2 Å². The fourth-order valence-corrected chi connectivity index (χ4v) is 2.98. The minimum atomic E-state index is -0.595. The minimum Gasteiger partial charge on any atom is -0.466 e. The van der Waals surface area contributed by atoms with Gasteiger partial charge in [0.15, 0.2) is 0 Å². The van der Waals surface area contributed by atoms with Crippen molar-refractivity contribution in [3.05, 3.63) is 40.6 Å². The second-order valence-electron chi connectivity index (χ2n) is 5.60. The first kappa shape index (κ1) is 16.5. The molecular weight excluding hydrogens is 312 g/mol. The molecule has 0 fully saturated rings. The molecule has 0 spiro atoms. The van der Waals surface area contributed by atoms with Gasteiger partial charge in [-0.3, -0.25) is 0 Å². The molecule has 0 radical (unpaired) electrons. The molecule has 2 aliphatic rings. The molecule has 0 atom stereocenters. The molecule has 24 heavy (non-hydrogen) atoms. The van der Waals surface area contributed by atoms with Gasteiger partial charge in [0.05, 0.1) is 26.4 Å². The van der Waals surface area contributed by atoms with Gasteiger partial charge < -0.3 is 24.4 Å². The van der Waals surface area contributed by atoms with Crippen molar-refractivity contribution in [2.24, 2.45) is 0 Å². The molecule has 0 amide bonds. The third kappa shape index (κ3) is 3.00. The Hall–Kier alpha value is -2.38. The fourth-order valence-electron chi connectivity index (χ4n) is 2.98. The second-order valence-corrected chi connectivity index (χ2v) is 5.60. The van der Waals surface area contributed by atoms with Crippen LogP contribution in [0.3, 0.4) is 0 Å². The highest BCUT2D eigenvalue weighted by atomic mass is 16.5. The van der Waals surface area contributed by atoms with Crippen molar-refractivity contribution in [3.63, 3.8) is 0 Å². The number of ether oxygens (including phenoxy) is 3. The van der Waals surface area contributed by atoms with E-state index >= 15 is 0 Å². The van der Waals surface area contributed by atoms with Crippen LogP contribution in [0.2, 0.25) is 0 Å². The Morgan fingerprint density at radius 1 is 1.17 bits per heavy atom. The van der Waals surface area contributed by atoms with Gasteiger partial charge in [-0.15, -0.1) is 0 Å². The first-order valence-electron chi connectivity index (χ1n) is 7.73. The number of fused-ring (bicyclic) bond motifs is 1. The van der Waals surface area contributed by atoms with E-state index < -0.39 is 11.9 Å². The van der Waals surface area contributed by atoms with Crippen molar-refractivity contribution in [2.45, 2.75) is 13.0 Å². The summed E-state index contributed by atoms with van der Waals surface area (Å²) in [5.41, 5.74) is 3.58. The summed E-state index contributed by atoms with van der Waals surface area (Å²) in [6.07, 6.45) is 0.916. The monoisotopic (exact) mass is 332 g/mol. The van der Waals surface area contributed by atoms with Crippen molar-refractivity contribution in [1.29, 1.82) is 0 Å². The molecule has 0 saturated carbocycles. The molecule has 2 heterocycles. The first-order valence-corrected chi connectivity index (χ1v) is 7.73. The first-order chi connectivity index (χ1) is 11.7. The number of nitrogens with zero attached hydrogens (tertiary/aromatic N) is 1. The van der Waals surface area contributed by atoms with Gasteiger partial charge in [0.1, 0.15) is 12.4 Å². The molecular formula is C17H20N2O5. The zero-order valence-electron chi connectivity index (χ0n) is 13.8. The summed E-state index contributed by atoms with van der Waals surface area (Å²) in [7, 11) is 2.56. The van der Waals surface area contributed by atoms with Gasteiger partial charge in [-0.05, 0) is 36.2 Å². The summed E-state index contributed by atoms with van der Waals surface area (Å²) < 4.78 is 15.1. The largest absolute Gasteiger partial charge is 0.466 e.